The zero-order chi connectivity index (χ0) is 19.2. The van der Waals surface area contributed by atoms with Crippen molar-refractivity contribution in [1.82, 2.24) is 0 Å². The Labute approximate surface area is 158 Å². The molecule has 1 aliphatic rings. The number of halogens is 1. The molecule has 27 heavy (non-hydrogen) atoms. The SMILES string of the molecule is COc1ccc(CCC(=O)Nc2cccc(N3CCCCC3=O)c2)cc1F. The van der Waals surface area contributed by atoms with E-state index in [2.05, 4.69) is 5.32 Å². The molecule has 1 aliphatic heterocycles. The van der Waals surface area contributed by atoms with Crippen molar-refractivity contribution in [2.75, 3.05) is 23.9 Å². The summed E-state index contributed by atoms with van der Waals surface area (Å²) in [6.07, 6.45) is 3.14. The Hall–Kier alpha value is -2.89. The third-order valence-electron chi connectivity index (χ3n) is 4.62. The minimum Gasteiger partial charge on any atom is -0.494 e. The maximum atomic E-state index is 13.7. The van der Waals surface area contributed by atoms with Crippen LogP contribution < -0.4 is 15.0 Å². The number of rotatable bonds is 6. The van der Waals surface area contributed by atoms with Gasteiger partial charge in [-0.25, -0.2) is 4.39 Å². The van der Waals surface area contributed by atoms with E-state index in [9.17, 15) is 14.0 Å². The maximum Gasteiger partial charge on any atom is 0.226 e. The molecule has 0 bridgehead atoms. The van der Waals surface area contributed by atoms with Gasteiger partial charge in [-0.2, -0.15) is 0 Å². The summed E-state index contributed by atoms with van der Waals surface area (Å²) in [5, 5.41) is 2.85. The van der Waals surface area contributed by atoms with Gasteiger partial charge in [0.25, 0.3) is 0 Å². The molecule has 0 aliphatic carbocycles. The summed E-state index contributed by atoms with van der Waals surface area (Å²) in [6, 6.07) is 12.0. The van der Waals surface area contributed by atoms with Gasteiger partial charge in [-0.3, -0.25) is 9.59 Å². The third-order valence-corrected chi connectivity index (χ3v) is 4.62. The van der Waals surface area contributed by atoms with Crippen LogP contribution in [-0.2, 0) is 16.0 Å². The molecule has 5 nitrogen and oxygen atoms in total. The number of hydrogen-bond donors (Lipinski definition) is 1. The Kier molecular flexibility index (Phi) is 6.06. The highest BCUT2D eigenvalue weighted by molar-refractivity contribution is 5.96. The molecule has 0 aromatic heterocycles. The van der Waals surface area contributed by atoms with Crippen LogP contribution in [0.5, 0.6) is 5.75 Å². The Balaban J connectivity index is 1.58. The molecule has 0 spiro atoms. The topological polar surface area (TPSA) is 58.6 Å². The van der Waals surface area contributed by atoms with Crippen LogP contribution in [0.1, 0.15) is 31.2 Å². The summed E-state index contributed by atoms with van der Waals surface area (Å²) in [6.45, 7) is 0.708. The van der Waals surface area contributed by atoms with E-state index in [1.807, 2.05) is 18.2 Å². The second kappa shape index (κ2) is 8.66. The number of carbonyl (C=O) groups is 2. The van der Waals surface area contributed by atoms with Crippen LogP contribution in [0.4, 0.5) is 15.8 Å². The zero-order valence-electron chi connectivity index (χ0n) is 15.3. The fourth-order valence-corrected chi connectivity index (χ4v) is 3.18. The molecule has 0 atom stereocenters. The van der Waals surface area contributed by atoms with Crippen LogP contribution >= 0.6 is 0 Å². The molecule has 3 rings (SSSR count). The molecule has 2 aromatic rings. The van der Waals surface area contributed by atoms with Gasteiger partial charge in [0.15, 0.2) is 11.6 Å². The first-order valence-electron chi connectivity index (χ1n) is 9.09. The van der Waals surface area contributed by atoms with Crippen molar-refractivity contribution in [2.45, 2.75) is 32.1 Å². The molecule has 1 heterocycles. The van der Waals surface area contributed by atoms with E-state index in [-0.39, 0.29) is 24.0 Å². The number of ether oxygens (including phenoxy) is 1. The summed E-state index contributed by atoms with van der Waals surface area (Å²) in [5.74, 6) is -0.291. The van der Waals surface area contributed by atoms with E-state index < -0.39 is 5.82 Å². The molecule has 0 saturated carbocycles. The number of methoxy groups -OCH3 is 1. The molecule has 0 unspecified atom stereocenters. The number of aryl methyl sites for hydroxylation is 1. The fourth-order valence-electron chi connectivity index (χ4n) is 3.18. The van der Waals surface area contributed by atoms with Crippen LogP contribution in [0.2, 0.25) is 0 Å². The molecule has 1 N–H and O–H groups in total. The summed E-state index contributed by atoms with van der Waals surface area (Å²) in [4.78, 5) is 26.1. The number of piperidine rings is 1. The summed E-state index contributed by atoms with van der Waals surface area (Å²) in [7, 11) is 1.41. The van der Waals surface area contributed by atoms with Crippen molar-refractivity contribution in [3.8, 4) is 5.75 Å². The highest BCUT2D eigenvalue weighted by Crippen LogP contribution is 2.24. The molecule has 2 amide bonds. The van der Waals surface area contributed by atoms with Gasteiger partial charge in [-0.05, 0) is 55.2 Å². The lowest BCUT2D eigenvalue weighted by atomic mass is 10.1. The number of benzene rings is 2. The van der Waals surface area contributed by atoms with Crippen molar-refractivity contribution in [3.05, 3.63) is 53.8 Å². The Bertz CT molecular complexity index is 838. The van der Waals surface area contributed by atoms with Crippen molar-refractivity contribution in [1.29, 1.82) is 0 Å². The number of nitrogens with zero attached hydrogens (tertiary/aromatic N) is 1. The van der Waals surface area contributed by atoms with Gasteiger partial charge in [-0.15, -0.1) is 0 Å². The van der Waals surface area contributed by atoms with Crippen LogP contribution in [0.25, 0.3) is 0 Å². The van der Waals surface area contributed by atoms with Gasteiger partial charge in [0.2, 0.25) is 11.8 Å². The van der Waals surface area contributed by atoms with E-state index in [0.717, 1.165) is 24.1 Å². The van der Waals surface area contributed by atoms with Crippen LogP contribution in [0.3, 0.4) is 0 Å². The molecule has 0 radical (unpaired) electrons. The van der Waals surface area contributed by atoms with E-state index in [1.165, 1.54) is 13.2 Å². The lowest BCUT2D eigenvalue weighted by Gasteiger charge is -2.27. The quantitative estimate of drug-likeness (QED) is 0.838. The fraction of sp³-hybridized carbons (Fsp3) is 0.333. The Morgan fingerprint density at radius 2 is 2.07 bits per heavy atom. The number of hydrogen-bond acceptors (Lipinski definition) is 3. The first-order valence-corrected chi connectivity index (χ1v) is 9.09. The lowest BCUT2D eigenvalue weighted by molar-refractivity contribution is -0.119. The van der Waals surface area contributed by atoms with Crippen LogP contribution in [-0.4, -0.2) is 25.5 Å². The maximum absolute atomic E-state index is 13.7. The second-order valence-corrected chi connectivity index (χ2v) is 6.57. The van der Waals surface area contributed by atoms with Crippen LogP contribution in [0, 0.1) is 5.82 Å². The predicted molar refractivity (Wildman–Crippen MR) is 103 cm³/mol. The van der Waals surface area contributed by atoms with Gasteiger partial charge >= 0.3 is 0 Å². The average molecular weight is 370 g/mol. The van der Waals surface area contributed by atoms with Crippen molar-refractivity contribution >= 4 is 23.2 Å². The lowest BCUT2D eigenvalue weighted by Crippen LogP contribution is -2.35. The molecule has 1 fully saturated rings. The van der Waals surface area contributed by atoms with Crippen molar-refractivity contribution in [3.63, 3.8) is 0 Å². The van der Waals surface area contributed by atoms with E-state index in [1.54, 1.807) is 23.1 Å². The second-order valence-electron chi connectivity index (χ2n) is 6.57. The predicted octanol–water partition coefficient (Wildman–Crippen LogP) is 3.92. The summed E-state index contributed by atoms with van der Waals surface area (Å²) >= 11 is 0. The minimum atomic E-state index is -0.436. The van der Waals surface area contributed by atoms with E-state index in [0.29, 0.717) is 25.1 Å². The molecule has 142 valence electrons. The van der Waals surface area contributed by atoms with Gasteiger partial charge < -0.3 is 15.0 Å². The largest absolute Gasteiger partial charge is 0.494 e. The molecular weight excluding hydrogens is 347 g/mol. The summed E-state index contributed by atoms with van der Waals surface area (Å²) in [5.41, 5.74) is 2.18. The Morgan fingerprint density at radius 3 is 2.81 bits per heavy atom. The zero-order valence-corrected chi connectivity index (χ0v) is 15.3. The molecule has 2 aromatic carbocycles. The normalized spacial score (nSPS) is 14.1. The molecule has 1 saturated heterocycles. The first-order chi connectivity index (χ1) is 13.1. The van der Waals surface area contributed by atoms with Gasteiger partial charge in [0.1, 0.15) is 0 Å². The molecular formula is C21H23FN2O3. The van der Waals surface area contributed by atoms with E-state index in [4.69, 9.17) is 4.74 Å². The van der Waals surface area contributed by atoms with Crippen LogP contribution in [0.15, 0.2) is 42.5 Å². The standard InChI is InChI=1S/C21H23FN2O3/c1-27-19-10-8-15(13-18(19)22)9-11-20(25)23-16-5-4-6-17(14-16)24-12-3-2-7-21(24)26/h4-6,8,10,13-14H,2-3,7,9,11-12H2,1H3,(H,23,25). The van der Waals surface area contributed by atoms with Crippen molar-refractivity contribution in [2.24, 2.45) is 0 Å². The molecule has 6 heteroatoms. The van der Waals surface area contributed by atoms with Gasteiger partial charge in [0.05, 0.1) is 7.11 Å². The van der Waals surface area contributed by atoms with E-state index >= 15 is 0 Å². The smallest absolute Gasteiger partial charge is 0.226 e. The van der Waals surface area contributed by atoms with Crippen molar-refractivity contribution < 1.29 is 18.7 Å². The van der Waals surface area contributed by atoms with Gasteiger partial charge in [-0.1, -0.05) is 12.1 Å². The highest BCUT2D eigenvalue weighted by atomic mass is 19.1. The number of anilines is 2. The number of amides is 2. The summed E-state index contributed by atoms with van der Waals surface area (Å²) < 4.78 is 18.6. The third kappa shape index (κ3) is 4.84. The minimum absolute atomic E-state index is 0.117. The Morgan fingerprint density at radius 1 is 1.22 bits per heavy atom. The number of carbonyl (C=O) groups excluding carboxylic acids is 2. The monoisotopic (exact) mass is 370 g/mol. The first kappa shape index (κ1) is 18.9. The highest BCUT2D eigenvalue weighted by Gasteiger charge is 2.19. The van der Waals surface area contributed by atoms with Gasteiger partial charge in [0, 0.05) is 30.8 Å². The average Bonchev–Trinajstić information content (AvgIpc) is 2.67. The number of nitrogens with one attached hydrogen (secondary N) is 1.